The number of benzene rings is 12. The summed E-state index contributed by atoms with van der Waals surface area (Å²) < 4.78 is 112. The molecule has 0 amide bonds. The molecule has 604 valence electrons. The maximum atomic E-state index is 11.7. The molecular formula is C86H76N6Na4O20P6. The second kappa shape index (κ2) is 43.4. The smallest absolute Gasteiger partial charge is 0.550 e. The third-order valence-electron chi connectivity index (χ3n) is 16.9. The molecule has 0 aliphatic carbocycles. The molecule has 2 aliphatic rings. The third kappa shape index (κ3) is 27.3. The van der Waals surface area contributed by atoms with Gasteiger partial charge >= 0.3 is 164 Å². The van der Waals surface area contributed by atoms with Gasteiger partial charge in [0.25, 0.3) is 0 Å². The summed E-state index contributed by atoms with van der Waals surface area (Å²) in [5.74, 6) is -1.91. The van der Waals surface area contributed by atoms with Crippen molar-refractivity contribution in [2.24, 2.45) is 27.1 Å². The third-order valence-corrected chi connectivity index (χ3v) is 33.2. The first-order valence-electron chi connectivity index (χ1n) is 36.4. The number of carboxylic acids is 4. The van der Waals surface area contributed by atoms with Crippen molar-refractivity contribution < 1.29 is 212 Å². The van der Waals surface area contributed by atoms with Gasteiger partial charge in [0.1, 0.15) is 69.0 Å². The first-order valence-corrected chi connectivity index (χ1v) is 45.6. The molecule has 0 bridgehead atoms. The van der Waals surface area contributed by atoms with Gasteiger partial charge in [-0.1, -0.05) is 193 Å². The van der Waals surface area contributed by atoms with Crippen LogP contribution in [0, 0.1) is 55.4 Å². The number of nitrogens with zero attached hydrogens (tertiary/aromatic N) is 6. The fourth-order valence-corrected chi connectivity index (χ4v) is 29.1. The van der Waals surface area contributed by atoms with Gasteiger partial charge in [-0.3, -0.25) is 0 Å². The number of aliphatic carboxylic acids is 2. The van der Waals surface area contributed by atoms with Crippen LogP contribution in [-0.2, 0) is 22.4 Å². The first kappa shape index (κ1) is 97.3. The van der Waals surface area contributed by atoms with Crippen molar-refractivity contribution in [1.82, 2.24) is 0 Å². The predicted octanol–water partition coefficient (Wildman–Crippen LogP) is 8.42. The van der Waals surface area contributed by atoms with Crippen LogP contribution in [-0.4, -0.2) is 23.9 Å². The molecule has 4 atom stereocenters. The summed E-state index contributed by atoms with van der Waals surface area (Å²) in [4.78, 5) is 46.3. The Morgan fingerprint density at radius 3 is 0.434 bits per heavy atom. The zero-order valence-electron chi connectivity index (χ0n) is 68.7. The Kier molecular flexibility index (Phi) is 34.6. The number of rotatable bonds is 30. The molecule has 14 rings (SSSR count). The van der Waals surface area contributed by atoms with Gasteiger partial charge in [-0.2, -0.15) is 0 Å². The molecule has 0 spiro atoms. The van der Waals surface area contributed by atoms with E-state index in [2.05, 4.69) is 0 Å². The van der Waals surface area contributed by atoms with E-state index in [0.29, 0.717) is 57.1 Å². The Bertz CT molecular complexity index is 5710. The first-order chi connectivity index (χ1) is 56.5. The van der Waals surface area contributed by atoms with Crippen LogP contribution in [0.5, 0.6) is 69.0 Å². The molecule has 122 heavy (non-hydrogen) atoms. The standard InChI is InChI=1S/C44H42N3O10P3.C42H38N3O10P3.4Na/c1-31-5-17-37(18-6-31)52-58(53-38-19-7-32(2)8-20-38)45-59(54-39-21-9-33(3)10-22-39,56-41-25-13-35(14-26-41)29-43(48)49)47-60(46-58,55-40-23-11-34(4)12-24-40)57-42-27-15-36(16-28-42)30-44(50)51;1-29-5-17-35(18-6-29)50-56(51-36-19-7-30(2)8-20-36)43-57(52-37-21-9-31(3)10-22-37,54-39-25-13-33(14-26-39)41(46)47)45-58(44-56,53-38-23-11-32(4)12-24-38)55-40-27-15-34(16-28-40)42(48)49;;;;/h5-28H,29-30H2,1-4H3,(H,48,49)(H,50,51);5-28H,1-4H3,(H,46,47)(H,48,49);;;;/q;;4*+1/p-4. The molecule has 0 N–H and O–H groups in total. The van der Waals surface area contributed by atoms with Gasteiger partial charge in [-0.05, 0) is 248 Å². The molecule has 0 saturated heterocycles. The van der Waals surface area contributed by atoms with Crippen LogP contribution in [0.3, 0.4) is 0 Å². The van der Waals surface area contributed by atoms with Crippen LogP contribution in [0.4, 0.5) is 0 Å². The van der Waals surface area contributed by atoms with Crippen LogP contribution < -0.4 is 193 Å². The summed E-state index contributed by atoms with van der Waals surface area (Å²) in [6.07, 6.45) is -0.627. The van der Waals surface area contributed by atoms with E-state index < -0.39 is 69.8 Å². The number of carbonyl (C=O) groups is 4. The maximum absolute atomic E-state index is 11.7. The van der Waals surface area contributed by atoms with E-state index in [9.17, 15) is 39.6 Å². The SMILES string of the molecule is Cc1ccc(OP2(Oc3ccc(C)cc3)=NP(Oc3ccc(C)cc3)(Oc3ccc(C(=O)[O-])cc3)=NP(Oc3ccc(C)cc3)(Oc3ccc(C(=O)[O-])cc3)=N2)cc1.Cc1ccc(OP2(Oc3ccc(C)cc3)=NP(Oc3ccc(C)cc3)(Oc3ccc(CC(=O)[O-])cc3)=NP(Oc3ccc(C)cc3)(Oc3ccc(CC(=O)[O-])cc3)=N2)cc1.[Na+].[Na+].[Na+].[Na+]. The normalized spacial score (nSPS) is 17.2. The van der Waals surface area contributed by atoms with Gasteiger partial charge in [0, 0.05) is 24.8 Å². The molecule has 12 aromatic carbocycles. The van der Waals surface area contributed by atoms with Gasteiger partial charge in [0.2, 0.25) is 0 Å². The van der Waals surface area contributed by atoms with E-state index in [4.69, 9.17) is 81.4 Å². The van der Waals surface area contributed by atoms with Crippen LogP contribution in [0.25, 0.3) is 0 Å². The van der Waals surface area contributed by atoms with E-state index in [0.717, 1.165) is 44.5 Å². The predicted molar refractivity (Wildman–Crippen MR) is 445 cm³/mol. The molecule has 26 nitrogen and oxygen atoms in total. The number of aromatic carboxylic acids is 2. The largest absolute Gasteiger partial charge is 1.00 e. The van der Waals surface area contributed by atoms with E-state index in [1.165, 1.54) is 48.5 Å². The minimum absolute atomic E-state index is 0. The molecule has 36 heteroatoms. The summed E-state index contributed by atoms with van der Waals surface area (Å²) in [5, 5.41) is 46.3. The average Bonchev–Trinajstić information content (AvgIpc) is 0.733. The van der Waals surface area contributed by atoms with Crippen molar-refractivity contribution in [2.75, 3.05) is 0 Å². The van der Waals surface area contributed by atoms with Crippen molar-refractivity contribution in [3.8, 4) is 69.0 Å². The minimum Gasteiger partial charge on any atom is -0.550 e. The van der Waals surface area contributed by atoms with E-state index in [1.54, 1.807) is 146 Å². The monoisotopic (exact) mass is 1790 g/mol. The van der Waals surface area contributed by atoms with Gasteiger partial charge in [0.05, 0.1) is 11.9 Å². The van der Waals surface area contributed by atoms with E-state index in [-0.39, 0.29) is 165 Å². The molecule has 4 unspecified atom stereocenters. The summed E-state index contributed by atoms with van der Waals surface area (Å²) in [6, 6.07) is 81.2. The zero-order chi connectivity index (χ0) is 83.2. The molecule has 0 fully saturated rings. The fraction of sp³-hybridized carbons (Fsp3) is 0.116. The summed E-state index contributed by atoms with van der Waals surface area (Å²) in [6.45, 7) is 15.5. The number of carbonyl (C=O) groups excluding carboxylic acids is 4. The molecular weight excluding hydrogens is 1710 g/mol. The van der Waals surface area contributed by atoms with Gasteiger partial charge in [-0.25, -0.2) is 0 Å². The summed E-state index contributed by atoms with van der Waals surface area (Å²) >= 11 is 0. The Morgan fingerprint density at radius 1 is 0.205 bits per heavy atom. The number of hydrogen-bond donors (Lipinski definition) is 0. The quantitative estimate of drug-likeness (QED) is 0.0301. The Labute approximate surface area is 795 Å². The second-order valence-electron chi connectivity index (χ2n) is 27.1. The Balaban J connectivity index is 0.000000268. The van der Waals surface area contributed by atoms with Crippen molar-refractivity contribution in [1.29, 1.82) is 0 Å². The molecule has 12 aromatic rings. The average molecular weight is 1790 g/mol. The van der Waals surface area contributed by atoms with Crippen molar-refractivity contribution in [2.45, 2.75) is 68.2 Å². The zero-order valence-corrected chi connectivity index (χ0v) is 82.0. The summed E-state index contributed by atoms with van der Waals surface area (Å²) in [5.41, 5.74) is 8.49. The van der Waals surface area contributed by atoms with Gasteiger partial charge in [-0.15, -0.1) is 0 Å². The van der Waals surface area contributed by atoms with Gasteiger partial charge < -0.3 is 93.9 Å². The summed E-state index contributed by atoms with van der Waals surface area (Å²) in [7, 11) is -25.2. The second-order valence-corrected chi connectivity index (χ2v) is 39.5. The van der Waals surface area contributed by atoms with Crippen LogP contribution in [0.1, 0.15) is 76.4 Å². The van der Waals surface area contributed by atoms with Crippen LogP contribution in [0.15, 0.2) is 318 Å². The number of carboxylic acid groups (broad SMARTS) is 4. The Morgan fingerprint density at radius 2 is 0.320 bits per heavy atom. The van der Waals surface area contributed by atoms with Gasteiger partial charge in [0.15, 0.2) is 0 Å². The topological polar surface area (TPSA) is 345 Å². The molecule has 0 aromatic heterocycles. The van der Waals surface area contributed by atoms with E-state index >= 15 is 0 Å². The van der Waals surface area contributed by atoms with Crippen molar-refractivity contribution in [3.63, 3.8) is 0 Å². The molecule has 0 saturated carbocycles. The number of aryl methyl sites for hydroxylation is 8. The molecule has 2 heterocycles. The van der Waals surface area contributed by atoms with Crippen molar-refractivity contribution in [3.05, 3.63) is 358 Å². The minimum atomic E-state index is -4.24. The molecule has 0 radical (unpaired) electrons. The van der Waals surface area contributed by atoms with Crippen LogP contribution in [0.2, 0.25) is 0 Å². The Hall–Kier alpha value is -8.50. The fourth-order valence-electron chi connectivity index (χ4n) is 10.9. The number of hydrogen-bond acceptors (Lipinski definition) is 26. The van der Waals surface area contributed by atoms with Crippen LogP contribution >= 0.6 is 46.0 Å². The molecule has 2 aliphatic heterocycles. The van der Waals surface area contributed by atoms with E-state index in [1.807, 2.05) is 152 Å². The van der Waals surface area contributed by atoms with Crippen molar-refractivity contribution >= 4 is 69.8 Å². The maximum Gasteiger partial charge on any atom is 1.00 e.